The van der Waals surface area contributed by atoms with Gasteiger partial charge in [-0.25, -0.2) is 9.59 Å². The summed E-state index contributed by atoms with van der Waals surface area (Å²) in [6, 6.07) is -0.942. The van der Waals surface area contributed by atoms with Gasteiger partial charge in [-0.2, -0.15) is 0 Å². The number of aromatic nitrogens is 2. The molecule has 1 aromatic heterocycles. The van der Waals surface area contributed by atoms with E-state index in [2.05, 4.69) is 20.8 Å². The molecule has 0 spiro atoms. The Morgan fingerprint density at radius 3 is 2.00 bits per heavy atom. The van der Waals surface area contributed by atoms with Gasteiger partial charge in [0.05, 0.1) is 0 Å². The van der Waals surface area contributed by atoms with Gasteiger partial charge in [0, 0.05) is 19.0 Å². The van der Waals surface area contributed by atoms with E-state index >= 15 is 0 Å². The highest BCUT2D eigenvalue weighted by Gasteiger charge is 2.32. The molecule has 0 bridgehead atoms. The number of ether oxygens (including phenoxy) is 2. The van der Waals surface area contributed by atoms with E-state index in [1.165, 1.54) is 0 Å². The Morgan fingerprint density at radius 1 is 0.944 bits per heavy atom. The first-order valence-corrected chi connectivity index (χ1v) is 12.8. The lowest BCUT2D eigenvalue weighted by molar-refractivity contribution is -0.127. The van der Waals surface area contributed by atoms with Crippen molar-refractivity contribution >= 4 is 18.1 Å². The van der Waals surface area contributed by atoms with Crippen LogP contribution in [0.4, 0.5) is 9.59 Å². The molecule has 1 saturated heterocycles. The van der Waals surface area contributed by atoms with Crippen molar-refractivity contribution in [2.24, 2.45) is 5.92 Å². The minimum Gasteiger partial charge on any atom is -0.444 e. The number of carbonyl (C=O) groups is 3. The third-order valence-electron chi connectivity index (χ3n) is 5.56. The van der Waals surface area contributed by atoms with Crippen LogP contribution in [-0.2, 0) is 14.3 Å². The SMILES string of the molecule is CCC[C@H](NC(=O)C1CCN(C(=O)OC(C)(C)C)CC1)c1nnc([C@H](CC)NC(=O)OC(C)(C)C)o1. The van der Waals surface area contributed by atoms with E-state index in [0.717, 1.165) is 6.42 Å². The van der Waals surface area contributed by atoms with E-state index in [1.54, 1.807) is 25.7 Å². The lowest BCUT2D eigenvalue weighted by Gasteiger charge is -2.33. The van der Waals surface area contributed by atoms with E-state index in [1.807, 2.05) is 34.6 Å². The fourth-order valence-corrected chi connectivity index (χ4v) is 3.80. The van der Waals surface area contributed by atoms with Gasteiger partial charge in [-0.3, -0.25) is 4.79 Å². The minimum atomic E-state index is -0.623. The fraction of sp³-hybridized carbons (Fsp3) is 0.800. The summed E-state index contributed by atoms with van der Waals surface area (Å²) < 4.78 is 16.6. The highest BCUT2D eigenvalue weighted by atomic mass is 16.6. The smallest absolute Gasteiger partial charge is 0.410 e. The third-order valence-corrected chi connectivity index (χ3v) is 5.56. The maximum absolute atomic E-state index is 13.0. The van der Waals surface area contributed by atoms with Crippen molar-refractivity contribution in [3.05, 3.63) is 11.8 Å². The standard InChI is InChI=1S/C25H43N5O6/c1-9-11-18(21-29-28-20(34-21)17(10-2)27-22(32)35-24(3,4)5)26-19(31)16-12-14-30(15-13-16)23(33)36-25(6,7)8/h16-18H,9-15H2,1-8H3,(H,26,31)(H,27,32)/t17-,18-/m0/s1. The molecule has 2 rings (SSSR count). The van der Waals surface area contributed by atoms with Crippen molar-refractivity contribution in [1.82, 2.24) is 25.7 Å². The number of alkyl carbamates (subject to hydrolysis) is 1. The number of hydrogen-bond donors (Lipinski definition) is 2. The summed E-state index contributed by atoms with van der Waals surface area (Å²) >= 11 is 0. The van der Waals surface area contributed by atoms with E-state index in [4.69, 9.17) is 13.9 Å². The molecular weight excluding hydrogens is 466 g/mol. The summed E-state index contributed by atoms with van der Waals surface area (Å²) in [6.07, 6.45) is 2.14. The second-order valence-electron chi connectivity index (χ2n) is 11.2. The molecule has 2 atom stereocenters. The highest BCUT2D eigenvalue weighted by Crippen LogP contribution is 2.25. The number of amides is 3. The Balaban J connectivity index is 1.98. The molecule has 1 fully saturated rings. The number of piperidine rings is 1. The van der Waals surface area contributed by atoms with Crippen molar-refractivity contribution in [3.8, 4) is 0 Å². The zero-order valence-electron chi connectivity index (χ0n) is 23.0. The van der Waals surface area contributed by atoms with E-state index in [0.29, 0.717) is 44.7 Å². The molecule has 2 N–H and O–H groups in total. The molecule has 0 saturated carbocycles. The van der Waals surface area contributed by atoms with Crippen molar-refractivity contribution in [2.45, 2.75) is 111 Å². The summed E-state index contributed by atoms with van der Waals surface area (Å²) in [6.45, 7) is 15.7. The van der Waals surface area contributed by atoms with Gasteiger partial charge in [-0.15, -0.1) is 10.2 Å². The van der Waals surface area contributed by atoms with Crippen LogP contribution in [0.15, 0.2) is 4.42 Å². The van der Waals surface area contributed by atoms with Gasteiger partial charge in [0.15, 0.2) is 0 Å². The maximum Gasteiger partial charge on any atom is 0.410 e. The quantitative estimate of drug-likeness (QED) is 0.517. The molecule has 204 valence electrons. The van der Waals surface area contributed by atoms with Crippen LogP contribution in [0.25, 0.3) is 0 Å². The Labute approximate surface area is 214 Å². The van der Waals surface area contributed by atoms with Crippen LogP contribution in [-0.4, -0.2) is 57.5 Å². The summed E-state index contributed by atoms with van der Waals surface area (Å²) in [4.78, 5) is 39.2. The fourth-order valence-electron chi connectivity index (χ4n) is 3.80. The van der Waals surface area contributed by atoms with Gasteiger partial charge in [-0.1, -0.05) is 20.3 Å². The topological polar surface area (TPSA) is 136 Å². The van der Waals surface area contributed by atoms with Crippen molar-refractivity contribution in [1.29, 1.82) is 0 Å². The second-order valence-corrected chi connectivity index (χ2v) is 11.2. The third kappa shape index (κ3) is 9.31. The zero-order valence-corrected chi connectivity index (χ0v) is 23.0. The number of rotatable bonds is 8. The summed E-state index contributed by atoms with van der Waals surface area (Å²) in [5, 5.41) is 14.1. The average molecular weight is 510 g/mol. The molecule has 1 aliphatic heterocycles. The van der Waals surface area contributed by atoms with Gasteiger partial charge in [0.1, 0.15) is 23.3 Å². The van der Waals surface area contributed by atoms with Crippen LogP contribution in [0, 0.1) is 5.92 Å². The average Bonchev–Trinajstić information content (AvgIpc) is 3.25. The van der Waals surface area contributed by atoms with Crippen LogP contribution in [0.1, 0.15) is 111 Å². The van der Waals surface area contributed by atoms with Crippen LogP contribution < -0.4 is 10.6 Å². The molecule has 0 aliphatic carbocycles. The largest absolute Gasteiger partial charge is 0.444 e. The number of nitrogens with zero attached hydrogens (tertiary/aromatic N) is 3. The number of carbonyl (C=O) groups excluding carboxylic acids is 3. The summed E-state index contributed by atoms with van der Waals surface area (Å²) in [5.74, 6) is 0.244. The van der Waals surface area contributed by atoms with Gasteiger partial charge in [-0.05, 0) is 67.2 Å². The normalized spacial score (nSPS) is 16.7. The summed E-state index contributed by atoms with van der Waals surface area (Å²) in [7, 11) is 0. The van der Waals surface area contributed by atoms with E-state index < -0.39 is 29.4 Å². The van der Waals surface area contributed by atoms with Gasteiger partial charge < -0.3 is 29.4 Å². The molecule has 0 radical (unpaired) electrons. The molecular formula is C25H43N5O6. The number of nitrogens with one attached hydrogen (secondary N) is 2. The van der Waals surface area contributed by atoms with Crippen LogP contribution in [0.3, 0.4) is 0 Å². The van der Waals surface area contributed by atoms with Gasteiger partial charge >= 0.3 is 12.2 Å². The molecule has 0 unspecified atom stereocenters. The van der Waals surface area contributed by atoms with Gasteiger partial charge in [0.25, 0.3) is 0 Å². The lowest BCUT2D eigenvalue weighted by atomic mass is 9.95. The molecule has 11 nitrogen and oxygen atoms in total. The van der Waals surface area contributed by atoms with Crippen LogP contribution in [0.2, 0.25) is 0 Å². The minimum absolute atomic E-state index is 0.101. The van der Waals surface area contributed by atoms with E-state index in [-0.39, 0.29) is 23.8 Å². The predicted molar refractivity (Wildman–Crippen MR) is 133 cm³/mol. The molecule has 1 aliphatic rings. The Kier molecular flexibility index (Phi) is 10.1. The van der Waals surface area contributed by atoms with Crippen molar-refractivity contribution < 1.29 is 28.3 Å². The zero-order chi connectivity index (χ0) is 27.1. The van der Waals surface area contributed by atoms with E-state index in [9.17, 15) is 14.4 Å². The summed E-state index contributed by atoms with van der Waals surface area (Å²) in [5.41, 5.74) is -1.18. The maximum atomic E-state index is 13.0. The molecule has 0 aromatic carbocycles. The first-order chi connectivity index (χ1) is 16.7. The number of likely N-dealkylation sites (tertiary alicyclic amines) is 1. The molecule has 3 amide bonds. The molecule has 11 heteroatoms. The first-order valence-electron chi connectivity index (χ1n) is 12.8. The lowest BCUT2D eigenvalue weighted by Crippen LogP contribution is -2.45. The van der Waals surface area contributed by atoms with Crippen LogP contribution >= 0.6 is 0 Å². The van der Waals surface area contributed by atoms with Crippen LogP contribution in [0.5, 0.6) is 0 Å². The Hall–Kier alpha value is -2.85. The molecule has 1 aromatic rings. The Morgan fingerprint density at radius 2 is 1.50 bits per heavy atom. The van der Waals surface area contributed by atoms with Gasteiger partial charge in [0.2, 0.25) is 17.7 Å². The van der Waals surface area contributed by atoms with Crippen molar-refractivity contribution in [3.63, 3.8) is 0 Å². The second kappa shape index (κ2) is 12.4. The monoisotopic (exact) mass is 509 g/mol. The first kappa shape index (κ1) is 29.4. The molecule has 2 heterocycles. The predicted octanol–water partition coefficient (Wildman–Crippen LogP) is 4.65. The number of hydrogen-bond acceptors (Lipinski definition) is 8. The highest BCUT2D eigenvalue weighted by molar-refractivity contribution is 5.79. The Bertz CT molecular complexity index is 880. The molecule has 36 heavy (non-hydrogen) atoms. The van der Waals surface area contributed by atoms with Crippen molar-refractivity contribution in [2.75, 3.05) is 13.1 Å².